The molecule has 5 nitrogen and oxygen atoms in total. The molecule has 0 spiro atoms. The van der Waals surface area contributed by atoms with Gasteiger partial charge in [0, 0.05) is 12.6 Å². The molecule has 1 fully saturated rings. The zero-order valence-corrected chi connectivity index (χ0v) is 13.2. The summed E-state index contributed by atoms with van der Waals surface area (Å²) in [6.45, 7) is 5.56. The Morgan fingerprint density at radius 2 is 2.45 bits per heavy atom. The monoisotopic (exact) mass is 338 g/mol. The zero-order valence-electron chi connectivity index (χ0n) is 11.6. The number of anilines is 1. The molecule has 20 heavy (non-hydrogen) atoms. The van der Waals surface area contributed by atoms with Crippen molar-refractivity contribution in [1.82, 2.24) is 14.7 Å². The second-order valence-corrected chi connectivity index (χ2v) is 5.71. The van der Waals surface area contributed by atoms with E-state index in [1.807, 2.05) is 0 Å². The van der Waals surface area contributed by atoms with E-state index in [1.54, 1.807) is 6.20 Å². The van der Waals surface area contributed by atoms with E-state index in [-0.39, 0.29) is 12.1 Å². The molecule has 1 saturated heterocycles. The van der Waals surface area contributed by atoms with E-state index in [2.05, 4.69) is 44.1 Å². The third kappa shape index (κ3) is 3.41. The molecule has 0 bridgehead atoms. The molecule has 0 aliphatic carbocycles. The average molecular weight is 339 g/mol. The summed E-state index contributed by atoms with van der Waals surface area (Å²) >= 11 is 3.34. The summed E-state index contributed by atoms with van der Waals surface area (Å²) in [6.07, 6.45) is 9.15. The maximum atomic E-state index is 12.0. The van der Waals surface area contributed by atoms with Gasteiger partial charge in [0.05, 0.1) is 11.9 Å². The summed E-state index contributed by atoms with van der Waals surface area (Å²) in [5, 5.41) is 7.50. The Bertz CT molecular complexity index is 563. The van der Waals surface area contributed by atoms with Gasteiger partial charge in [-0.15, -0.1) is 6.42 Å². The lowest BCUT2D eigenvalue weighted by molar-refractivity contribution is 0.227. The highest BCUT2D eigenvalue weighted by Gasteiger charge is 2.20. The van der Waals surface area contributed by atoms with Crippen LogP contribution in [0.5, 0.6) is 0 Å². The molecule has 1 unspecified atom stereocenters. The molecule has 1 N–H and O–H groups in total. The molecule has 1 atom stereocenters. The number of rotatable bonds is 4. The fraction of sp³-hybridized carbons (Fsp3) is 0.571. The fourth-order valence-electron chi connectivity index (χ4n) is 2.45. The van der Waals surface area contributed by atoms with E-state index in [4.69, 9.17) is 6.42 Å². The smallest absolute Gasteiger partial charge is 0.284 e. The maximum Gasteiger partial charge on any atom is 0.284 e. The molecule has 0 amide bonds. The zero-order chi connectivity index (χ0) is 14.5. The molecular formula is C14H19BrN4O. The second-order valence-electron chi connectivity index (χ2n) is 4.92. The number of nitrogens with one attached hydrogen (secondary N) is 1. The van der Waals surface area contributed by atoms with Crippen molar-refractivity contribution in [1.29, 1.82) is 0 Å². The lowest BCUT2D eigenvalue weighted by Crippen LogP contribution is -2.42. The van der Waals surface area contributed by atoms with Gasteiger partial charge in [0.1, 0.15) is 11.0 Å². The highest BCUT2D eigenvalue weighted by Crippen LogP contribution is 2.20. The number of terminal acetylenes is 1. The molecule has 1 aromatic heterocycles. The first-order valence-electron chi connectivity index (χ1n) is 6.83. The first-order valence-corrected chi connectivity index (χ1v) is 7.63. The number of likely N-dealkylation sites (tertiary alicyclic amines) is 1. The minimum absolute atomic E-state index is 0.185. The van der Waals surface area contributed by atoms with Crippen LogP contribution >= 0.6 is 15.9 Å². The van der Waals surface area contributed by atoms with Crippen LogP contribution in [0.15, 0.2) is 15.5 Å². The molecule has 1 aliphatic rings. The van der Waals surface area contributed by atoms with Crippen LogP contribution in [0.2, 0.25) is 0 Å². The van der Waals surface area contributed by atoms with Gasteiger partial charge < -0.3 is 10.2 Å². The Morgan fingerprint density at radius 3 is 3.15 bits per heavy atom. The number of nitrogens with zero attached hydrogens (tertiary/aromatic N) is 3. The fourth-order valence-corrected chi connectivity index (χ4v) is 2.87. The summed E-state index contributed by atoms with van der Waals surface area (Å²) in [6, 6.07) is 0.352. The highest BCUT2D eigenvalue weighted by molar-refractivity contribution is 9.10. The van der Waals surface area contributed by atoms with Gasteiger partial charge in [-0.2, -0.15) is 5.10 Å². The topological polar surface area (TPSA) is 50.2 Å². The van der Waals surface area contributed by atoms with Crippen LogP contribution in [0.1, 0.15) is 19.8 Å². The molecule has 0 saturated carbocycles. The standard InChI is InChI=1S/C14H19BrN4O/c1-3-7-19-14(20)13(15)12(9-16-19)17-11-6-5-8-18(4-2)10-11/h1,9,11,17H,4-8,10H2,2H3. The van der Waals surface area contributed by atoms with E-state index in [0.29, 0.717) is 10.5 Å². The van der Waals surface area contributed by atoms with Crippen LogP contribution in [0.25, 0.3) is 0 Å². The van der Waals surface area contributed by atoms with Crippen molar-refractivity contribution < 1.29 is 0 Å². The molecule has 2 heterocycles. The van der Waals surface area contributed by atoms with Gasteiger partial charge in [-0.05, 0) is 41.9 Å². The predicted octanol–water partition coefficient (Wildman–Crippen LogP) is 1.54. The molecule has 0 radical (unpaired) electrons. The first kappa shape index (κ1) is 15.1. The van der Waals surface area contributed by atoms with E-state index in [9.17, 15) is 4.79 Å². The molecule has 6 heteroatoms. The summed E-state index contributed by atoms with van der Waals surface area (Å²) in [5.74, 6) is 2.42. The summed E-state index contributed by atoms with van der Waals surface area (Å²) < 4.78 is 1.77. The van der Waals surface area contributed by atoms with Gasteiger partial charge in [-0.1, -0.05) is 12.8 Å². The van der Waals surface area contributed by atoms with Crippen molar-refractivity contribution >= 4 is 21.6 Å². The number of aromatic nitrogens is 2. The number of hydrogen-bond acceptors (Lipinski definition) is 4. The third-order valence-corrected chi connectivity index (χ3v) is 4.30. The quantitative estimate of drug-likeness (QED) is 0.846. The number of likely N-dealkylation sites (N-methyl/N-ethyl adjacent to an activating group) is 1. The normalized spacial score (nSPS) is 19.6. The van der Waals surface area contributed by atoms with E-state index in [0.717, 1.165) is 31.7 Å². The Hall–Kier alpha value is -1.32. The minimum atomic E-state index is -0.198. The van der Waals surface area contributed by atoms with Gasteiger partial charge in [0.2, 0.25) is 0 Å². The average Bonchev–Trinajstić information content (AvgIpc) is 2.47. The number of hydrogen-bond donors (Lipinski definition) is 1. The van der Waals surface area contributed by atoms with Crippen molar-refractivity contribution in [2.75, 3.05) is 25.0 Å². The lowest BCUT2D eigenvalue weighted by atomic mass is 10.1. The summed E-state index contributed by atoms with van der Waals surface area (Å²) in [4.78, 5) is 14.5. The van der Waals surface area contributed by atoms with Gasteiger partial charge in [-0.25, -0.2) is 4.68 Å². The minimum Gasteiger partial charge on any atom is -0.379 e. The molecular weight excluding hydrogens is 320 g/mol. The number of halogens is 1. The van der Waals surface area contributed by atoms with Crippen molar-refractivity contribution in [2.45, 2.75) is 32.4 Å². The van der Waals surface area contributed by atoms with Crippen LogP contribution < -0.4 is 10.9 Å². The second kappa shape index (κ2) is 6.91. The van der Waals surface area contributed by atoms with E-state index >= 15 is 0 Å². The van der Waals surface area contributed by atoms with Crippen LogP contribution in [0, 0.1) is 12.3 Å². The van der Waals surface area contributed by atoms with Gasteiger partial charge in [0.15, 0.2) is 0 Å². The van der Waals surface area contributed by atoms with E-state index < -0.39 is 0 Å². The predicted molar refractivity (Wildman–Crippen MR) is 83.8 cm³/mol. The SMILES string of the molecule is C#CCn1ncc(NC2CCCN(CC)C2)c(Br)c1=O. The number of piperidine rings is 1. The Kier molecular flexibility index (Phi) is 5.21. The lowest BCUT2D eigenvalue weighted by Gasteiger charge is -2.32. The van der Waals surface area contributed by atoms with Crippen LogP contribution in [-0.4, -0.2) is 40.4 Å². The van der Waals surface area contributed by atoms with Crippen LogP contribution in [0.3, 0.4) is 0 Å². The molecule has 108 valence electrons. The Balaban J connectivity index is 2.12. The Morgan fingerprint density at radius 1 is 1.65 bits per heavy atom. The third-order valence-electron chi connectivity index (χ3n) is 3.54. The molecule has 1 aliphatic heterocycles. The first-order chi connectivity index (χ1) is 9.65. The largest absolute Gasteiger partial charge is 0.379 e. The van der Waals surface area contributed by atoms with Crippen LogP contribution in [-0.2, 0) is 6.54 Å². The van der Waals surface area contributed by atoms with Gasteiger partial charge >= 0.3 is 0 Å². The molecule has 0 aromatic carbocycles. The van der Waals surface area contributed by atoms with Gasteiger partial charge in [-0.3, -0.25) is 4.79 Å². The van der Waals surface area contributed by atoms with Crippen molar-refractivity contribution in [3.05, 3.63) is 21.0 Å². The summed E-state index contributed by atoms with van der Waals surface area (Å²) in [7, 11) is 0. The highest BCUT2D eigenvalue weighted by atomic mass is 79.9. The Labute approximate surface area is 127 Å². The van der Waals surface area contributed by atoms with Crippen molar-refractivity contribution in [2.24, 2.45) is 0 Å². The van der Waals surface area contributed by atoms with E-state index in [1.165, 1.54) is 11.1 Å². The maximum absolute atomic E-state index is 12.0. The molecule has 1 aromatic rings. The molecule has 2 rings (SSSR count). The summed E-state index contributed by atoms with van der Waals surface area (Å²) in [5.41, 5.74) is 0.544. The van der Waals surface area contributed by atoms with Gasteiger partial charge in [0.25, 0.3) is 5.56 Å². The van der Waals surface area contributed by atoms with Crippen molar-refractivity contribution in [3.8, 4) is 12.3 Å². The van der Waals surface area contributed by atoms with Crippen LogP contribution in [0.4, 0.5) is 5.69 Å². The van der Waals surface area contributed by atoms with Crippen molar-refractivity contribution in [3.63, 3.8) is 0 Å².